The van der Waals surface area contributed by atoms with E-state index >= 15 is 0 Å². The van der Waals surface area contributed by atoms with Crippen molar-refractivity contribution in [2.24, 2.45) is 10.8 Å². The van der Waals surface area contributed by atoms with Gasteiger partial charge in [0.1, 0.15) is 24.8 Å². The molecule has 2 aromatic heterocycles. The molecular formula is C27H44N6O2+2. The van der Waals surface area contributed by atoms with E-state index in [0.717, 1.165) is 25.7 Å². The molecular weight excluding hydrogens is 440 g/mol. The van der Waals surface area contributed by atoms with Crippen LogP contribution >= 0.6 is 0 Å². The van der Waals surface area contributed by atoms with E-state index in [1.54, 1.807) is 0 Å². The second-order valence-corrected chi connectivity index (χ2v) is 12.6. The Bertz CT molecular complexity index is 1000. The van der Waals surface area contributed by atoms with Crippen LogP contribution in [0.5, 0.6) is 0 Å². The van der Waals surface area contributed by atoms with E-state index in [1.165, 1.54) is 0 Å². The maximum absolute atomic E-state index is 13.4. The van der Waals surface area contributed by atoms with Crippen LogP contribution in [0.1, 0.15) is 67.2 Å². The van der Waals surface area contributed by atoms with Gasteiger partial charge in [0.25, 0.3) is 17.5 Å². The molecule has 2 aromatic rings. The Morgan fingerprint density at radius 2 is 1.11 bits per heavy atom. The standard InChI is InChI=1S/C27H44N6O2/c1-25(2,3)27(26(4,5)6)32-15-13-30(19-32)17-23(34)28(7)21-11-9-10-12-22(21)29(8)24(35)18-31-14-16-33(27)20-31/h13-16,19-22H,9-12,17-18H2,1-8H3/q+2/t21-,22-/m1/s1. The van der Waals surface area contributed by atoms with Gasteiger partial charge in [-0.3, -0.25) is 9.59 Å². The molecule has 8 heteroatoms. The van der Waals surface area contributed by atoms with Gasteiger partial charge in [-0.05, 0) is 12.8 Å². The number of amides is 2. The lowest BCUT2D eigenvalue weighted by Gasteiger charge is -2.47. The Balaban J connectivity index is 1.89. The number of rotatable bonds is 0. The van der Waals surface area contributed by atoms with Crippen molar-refractivity contribution < 1.29 is 18.7 Å². The average molecular weight is 485 g/mol. The highest BCUT2D eigenvalue weighted by Gasteiger charge is 2.62. The normalized spacial score (nSPS) is 24.1. The van der Waals surface area contributed by atoms with Crippen molar-refractivity contribution in [3.63, 3.8) is 0 Å². The van der Waals surface area contributed by atoms with E-state index in [1.807, 2.05) is 45.4 Å². The van der Waals surface area contributed by atoms with Crippen LogP contribution in [0.4, 0.5) is 0 Å². The number of carbonyl (C=O) groups is 2. The van der Waals surface area contributed by atoms with Gasteiger partial charge >= 0.3 is 0 Å². The van der Waals surface area contributed by atoms with Gasteiger partial charge in [-0.2, -0.15) is 9.13 Å². The number of imidazole rings is 2. The lowest BCUT2D eigenvalue weighted by Crippen LogP contribution is -2.60. The first-order valence-electron chi connectivity index (χ1n) is 12.9. The Labute approximate surface area is 210 Å². The van der Waals surface area contributed by atoms with Gasteiger partial charge in [-0.25, -0.2) is 9.13 Å². The van der Waals surface area contributed by atoms with E-state index in [4.69, 9.17) is 0 Å². The first kappa shape index (κ1) is 25.5. The van der Waals surface area contributed by atoms with E-state index in [2.05, 4.69) is 75.7 Å². The van der Waals surface area contributed by atoms with Crippen LogP contribution in [0.3, 0.4) is 0 Å². The molecule has 35 heavy (non-hydrogen) atoms. The number of nitrogens with zero attached hydrogens (tertiary/aromatic N) is 6. The van der Waals surface area contributed by atoms with Crippen LogP contribution in [0.15, 0.2) is 37.4 Å². The van der Waals surface area contributed by atoms with Gasteiger partial charge in [-0.1, -0.05) is 54.4 Å². The summed E-state index contributed by atoms with van der Waals surface area (Å²) in [4.78, 5) is 30.7. The third-order valence-corrected chi connectivity index (χ3v) is 8.33. The lowest BCUT2D eigenvalue weighted by atomic mass is 9.65. The molecule has 0 spiro atoms. The van der Waals surface area contributed by atoms with Crippen LogP contribution in [-0.2, 0) is 28.3 Å². The van der Waals surface area contributed by atoms with Crippen molar-refractivity contribution in [2.75, 3.05) is 14.1 Å². The molecule has 1 saturated carbocycles. The van der Waals surface area contributed by atoms with Gasteiger partial charge in [-0.15, -0.1) is 0 Å². The highest BCUT2D eigenvalue weighted by molar-refractivity contribution is 5.76. The van der Waals surface area contributed by atoms with Gasteiger partial charge in [0.15, 0.2) is 13.1 Å². The molecule has 0 unspecified atom stereocenters. The third-order valence-electron chi connectivity index (χ3n) is 8.33. The number of fused-ring (bicyclic) bond motifs is 5. The number of hydrogen-bond acceptors (Lipinski definition) is 2. The lowest BCUT2D eigenvalue weighted by molar-refractivity contribution is -0.686. The molecule has 4 rings (SSSR count). The van der Waals surface area contributed by atoms with E-state index in [0.29, 0.717) is 0 Å². The van der Waals surface area contributed by atoms with Gasteiger partial charge in [0.2, 0.25) is 12.7 Å². The number of carbonyl (C=O) groups excluding carboxylic acids is 2. The number of likely N-dealkylation sites (N-methyl/N-ethyl adjacent to an activating group) is 2. The molecule has 1 fully saturated rings. The van der Waals surface area contributed by atoms with Crippen LogP contribution in [0.2, 0.25) is 0 Å². The first-order chi connectivity index (χ1) is 16.3. The average Bonchev–Trinajstić information content (AvgIpc) is 3.41. The minimum atomic E-state index is -0.492. The van der Waals surface area contributed by atoms with Gasteiger partial charge in [0, 0.05) is 24.9 Å². The minimum Gasteiger partial charge on any atom is -0.337 e. The molecule has 2 amide bonds. The quantitative estimate of drug-likeness (QED) is 0.539. The zero-order chi connectivity index (χ0) is 25.8. The molecule has 4 bridgehead atoms. The van der Waals surface area contributed by atoms with Crippen molar-refractivity contribution in [1.82, 2.24) is 18.9 Å². The summed E-state index contributed by atoms with van der Waals surface area (Å²) in [6.07, 6.45) is 16.4. The minimum absolute atomic E-state index is 0.0378. The second kappa shape index (κ2) is 8.79. The SMILES string of the molecule is CN1C(=O)C[n+]2ccn(c2)C(C(C)(C)C)(C(C)(C)C)n2cc[n+](c2)CC(=O)N(C)[C@@H]2CCCC[C@H]21. The highest BCUT2D eigenvalue weighted by Crippen LogP contribution is 2.50. The zero-order valence-electron chi connectivity index (χ0n) is 22.9. The fourth-order valence-electron chi connectivity index (χ4n) is 7.07. The molecule has 0 N–H and O–H groups in total. The van der Waals surface area contributed by atoms with Crippen molar-refractivity contribution in [3.8, 4) is 0 Å². The third kappa shape index (κ3) is 4.19. The van der Waals surface area contributed by atoms with E-state index in [-0.39, 0.29) is 47.8 Å². The number of hydrogen-bond donors (Lipinski definition) is 0. The maximum Gasteiger partial charge on any atom is 0.264 e. The molecule has 0 saturated heterocycles. The van der Waals surface area contributed by atoms with Crippen molar-refractivity contribution in [1.29, 1.82) is 0 Å². The van der Waals surface area contributed by atoms with E-state index < -0.39 is 5.66 Å². The number of aromatic nitrogens is 4. The smallest absolute Gasteiger partial charge is 0.264 e. The summed E-state index contributed by atoms with van der Waals surface area (Å²) >= 11 is 0. The molecule has 192 valence electrons. The Kier molecular flexibility index (Phi) is 6.39. The topological polar surface area (TPSA) is 58.2 Å². The molecule has 3 heterocycles. The Morgan fingerprint density at radius 3 is 1.46 bits per heavy atom. The summed E-state index contributed by atoms with van der Waals surface area (Å²) in [6, 6.07) is 0.0757. The predicted octanol–water partition coefficient (Wildman–Crippen LogP) is 2.40. The summed E-state index contributed by atoms with van der Waals surface area (Å²) in [6.45, 7) is 14.1. The summed E-state index contributed by atoms with van der Waals surface area (Å²) < 4.78 is 8.49. The first-order valence-corrected chi connectivity index (χ1v) is 12.9. The van der Waals surface area contributed by atoms with Crippen LogP contribution < -0.4 is 9.13 Å². The van der Waals surface area contributed by atoms with E-state index in [9.17, 15) is 9.59 Å². The summed E-state index contributed by atoms with van der Waals surface area (Å²) in [5, 5.41) is 0. The molecule has 1 aliphatic carbocycles. The second-order valence-electron chi connectivity index (χ2n) is 12.6. The van der Waals surface area contributed by atoms with Crippen molar-refractivity contribution in [2.45, 2.75) is 98.1 Å². The van der Waals surface area contributed by atoms with Crippen molar-refractivity contribution in [3.05, 3.63) is 37.4 Å². The fraction of sp³-hybridized carbons (Fsp3) is 0.704. The molecule has 2 atom stereocenters. The Hall–Kier alpha value is -2.64. The maximum atomic E-state index is 13.4. The molecule has 8 nitrogen and oxygen atoms in total. The van der Waals surface area contributed by atoms with Crippen LogP contribution in [0.25, 0.3) is 0 Å². The molecule has 2 aliphatic rings. The van der Waals surface area contributed by atoms with Crippen LogP contribution in [0, 0.1) is 10.8 Å². The molecule has 1 aliphatic heterocycles. The molecule has 0 aromatic carbocycles. The zero-order valence-corrected chi connectivity index (χ0v) is 22.9. The summed E-state index contributed by atoms with van der Waals surface area (Å²) in [7, 11) is 3.81. The van der Waals surface area contributed by atoms with Gasteiger partial charge < -0.3 is 9.80 Å². The van der Waals surface area contributed by atoms with Crippen LogP contribution in [-0.4, -0.2) is 56.9 Å². The molecule has 0 radical (unpaired) electrons. The largest absolute Gasteiger partial charge is 0.337 e. The van der Waals surface area contributed by atoms with Gasteiger partial charge in [0.05, 0.1) is 12.1 Å². The van der Waals surface area contributed by atoms with Crippen molar-refractivity contribution >= 4 is 11.8 Å². The Morgan fingerprint density at radius 1 is 0.743 bits per heavy atom. The predicted molar refractivity (Wildman–Crippen MR) is 133 cm³/mol. The summed E-state index contributed by atoms with van der Waals surface area (Å²) in [5.41, 5.74) is -0.874. The highest BCUT2D eigenvalue weighted by atomic mass is 16.2. The fourth-order valence-corrected chi connectivity index (χ4v) is 7.07. The summed E-state index contributed by atoms with van der Waals surface area (Å²) in [5.74, 6) is 0.157. The monoisotopic (exact) mass is 484 g/mol.